The van der Waals surface area contributed by atoms with E-state index < -0.39 is 10.8 Å². The van der Waals surface area contributed by atoms with Gasteiger partial charge >= 0.3 is 0 Å². The van der Waals surface area contributed by atoms with Gasteiger partial charge in [-0.3, -0.25) is 9.19 Å². The summed E-state index contributed by atoms with van der Waals surface area (Å²) >= 11 is 1.42. The predicted molar refractivity (Wildman–Crippen MR) is 78.4 cm³/mol. The Kier molecular flexibility index (Phi) is 3.27. The van der Waals surface area contributed by atoms with Crippen molar-refractivity contribution in [1.82, 2.24) is 9.97 Å². The van der Waals surface area contributed by atoms with Crippen LogP contribution in [0, 0.1) is 0 Å². The summed E-state index contributed by atoms with van der Waals surface area (Å²) in [4.78, 5) is 8.56. The smallest absolute Gasteiger partial charge is 0.182 e. The van der Waals surface area contributed by atoms with E-state index in [0.717, 1.165) is 15.9 Å². The van der Waals surface area contributed by atoms with E-state index in [1.165, 1.54) is 11.3 Å². The Morgan fingerprint density at radius 2 is 2.16 bits per heavy atom. The Balaban J connectivity index is 1.89. The number of fused-ring (bicyclic) bond motifs is 1. The summed E-state index contributed by atoms with van der Waals surface area (Å²) in [6, 6.07) is 11.1. The number of hydrogen-bond donors (Lipinski definition) is 1. The van der Waals surface area contributed by atoms with Gasteiger partial charge in [-0.05, 0) is 30.3 Å². The van der Waals surface area contributed by atoms with Crippen LogP contribution < -0.4 is 5.73 Å². The molecule has 0 aliphatic rings. The lowest BCUT2D eigenvalue weighted by molar-refractivity contribution is 0.681. The summed E-state index contributed by atoms with van der Waals surface area (Å²) in [5.41, 5.74) is 8.06. The van der Waals surface area contributed by atoms with Crippen LogP contribution in [0.15, 0.2) is 46.9 Å². The fourth-order valence-corrected chi connectivity index (χ4v) is 4.02. The zero-order valence-corrected chi connectivity index (χ0v) is 11.6. The maximum Gasteiger partial charge on any atom is 0.182 e. The number of nitrogens with two attached hydrogens (primary N) is 1. The van der Waals surface area contributed by atoms with E-state index in [9.17, 15) is 4.21 Å². The molecular formula is C13H11N3OS2. The topological polar surface area (TPSA) is 68.9 Å². The Morgan fingerprint density at radius 1 is 1.26 bits per heavy atom. The number of thiazole rings is 1. The molecule has 0 aliphatic carbocycles. The molecule has 96 valence electrons. The minimum absolute atomic E-state index is 0.385. The van der Waals surface area contributed by atoms with Crippen molar-refractivity contribution in [2.75, 3.05) is 5.73 Å². The van der Waals surface area contributed by atoms with Crippen molar-refractivity contribution in [3.05, 3.63) is 48.3 Å². The van der Waals surface area contributed by atoms with Crippen LogP contribution in [0.4, 0.5) is 5.69 Å². The minimum atomic E-state index is -1.17. The first-order valence-corrected chi connectivity index (χ1v) is 7.80. The largest absolute Gasteiger partial charge is 0.399 e. The molecule has 3 aromatic rings. The summed E-state index contributed by atoms with van der Waals surface area (Å²) in [5, 5.41) is 0. The first kappa shape index (κ1) is 12.3. The third-order valence-corrected chi connectivity index (χ3v) is 5.25. The second-order valence-electron chi connectivity index (χ2n) is 4.02. The number of anilines is 1. The van der Waals surface area contributed by atoms with E-state index in [-0.39, 0.29) is 0 Å². The van der Waals surface area contributed by atoms with Crippen LogP contribution in [-0.4, -0.2) is 14.2 Å². The lowest BCUT2D eigenvalue weighted by Gasteiger charge is -1.97. The van der Waals surface area contributed by atoms with Crippen LogP contribution in [-0.2, 0) is 16.6 Å². The number of rotatable bonds is 3. The molecule has 0 amide bonds. The second kappa shape index (κ2) is 5.07. The van der Waals surface area contributed by atoms with Gasteiger partial charge in [-0.2, -0.15) is 0 Å². The van der Waals surface area contributed by atoms with E-state index in [2.05, 4.69) is 9.97 Å². The molecule has 0 aliphatic heterocycles. The van der Waals surface area contributed by atoms with Crippen LogP contribution in [0.2, 0.25) is 0 Å². The third-order valence-electron chi connectivity index (χ3n) is 2.59. The maximum absolute atomic E-state index is 12.3. The molecule has 0 radical (unpaired) electrons. The quantitative estimate of drug-likeness (QED) is 0.752. The van der Waals surface area contributed by atoms with Crippen molar-refractivity contribution in [3.63, 3.8) is 0 Å². The highest BCUT2D eigenvalue weighted by atomic mass is 32.2. The van der Waals surface area contributed by atoms with Crippen molar-refractivity contribution >= 4 is 38.0 Å². The highest BCUT2D eigenvalue weighted by molar-refractivity contribution is 7.86. The van der Waals surface area contributed by atoms with Crippen LogP contribution in [0.3, 0.4) is 0 Å². The van der Waals surface area contributed by atoms with Crippen LogP contribution in [0.25, 0.3) is 10.2 Å². The Morgan fingerprint density at radius 3 is 2.95 bits per heavy atom. The van der Waals surface area contributed by atoms with Crippen LogP contribution >= 0.6 is 11.3 Å². The SMILES string of the molecule is Nc1ccc2nc(S(=O)Cc3ccccn3)sc2c1. The van der Waals surface area contributed by atoms with Gasteiger partial charge in [0.05, 0.1) is 32.5 Å². The predicted octanol–water partition coefficient (Wildman–Crippen LogP) is 2.58. The summed E-state index contributed by atoms with van der Waals surface area (Å²) in [5.74, 6) is 0.385. The van der Waals surface area contributed by atoms with Crippen molar-refractivity contribution in [2.24, 2.45) is 0 Å². The van der Waals surface area contributed by atoms with E-state index in [1.54, 1.807) is 12.3 Å². The average Bonchev–Trinajstić information content (AvgIpc) is 2.83. The van der Waals surface area contributed by atoms with Gasteiger partial charge in [-0.25, -0.2) is 4.98 Å². The van der Waals surface area contributed by atoms with Crippen LogP contribution in [0.5, 0.6) is 0 Å². The molecule has 3 rings (SSSR count). The third kappa shape index (κ3) is 2.64. The highest BCUT2D eigenvalue weighted by Crippen LogP contribution is 2.27. The van der Waals surface area contributed by atoms with Gasteiger partial charge in [-0.1, -0.05) is 6.07 Å². The fraction of sp³-hybridized carbons (Fsp3) is 0.0769. The Hall–Kier alpha value is -1.79. The Bertz CT molecular complexity index is 740. The second-order valence-corrected chi connectivity index (χ2v) is 6.67. The monoisotopic (exact) mass is 289 g/mol. The molecule has 2 heterocycles. The molecule has 1 atom stereocenters. The number of hydrogen-bond acceptors (Lipinski definition) is 5. The van der Waals surface area contributed by atoms with Gasteiger partial charge in [0.2, 0.25) is 0 Å². The van der Waals surface area contributed by atoms with E-state index in [4.69, 9.17) is 5.73 Å². The van der Waals surface area contributed by atoms with Gasteiger partial charge < -0.3 is 5.73 Å². The molecule has 0 saturated carbocycles. The molecule has 0 bridgehead atoms. The van der Waals surface area contributed by atoms with Gasteiger partial charge in [0, 0.05) is 11.9 Å². The zero-order chi connectivity index (χ0) is 13.2. The van der Waals surface area contributed by atoms with Crippen LogP contribution in [0.1, 0.15) is 5.69 Å². The number of aromatic nitrogens is 2. The summed E-state index contributed by atoms with van der Waals surface area (Å²) in [6.45, 7) is 0. The number of nitrogens with zero attached hydrogens (tertiary/aromatic N) is 2. The Labute approximate surface area is 116 Å². The fourth-order valence-electron chi connectivity index (χ4n) is 1.70. The molecule has 19 heavy (non-hydrogen) atoms. The van der Waals surface area contributed by atoms with Gasteiger partial charge in [-0.15, -0.1) is 11.3 Å². The minimum Gasteiger partial charge on any atom is -0.399 e. The normalized spacial score (nSPS) is 12.6. The first-order valence-electron chi connectivity index (χ1n) is 5.67. The van der Waals surface area contributed by atoms with Gasteiger partial charge in [0.15, 0.2) is 4.34 Å². The number of nitrogen functional groups attached to an aromatic ring is 1. The lowest BCUT2D eigenvalue weighted by atomic mass is 10.3. The van der Waals surface area contributed by atoms with Gasteiger partial charge in [0.25, 0.3) is 0 Å². The summed E-state index contributed by atoms with van der Waals surface area (Å²) in [6.07, 6.45) is 1.70. The van der Waals surface area contributed by atoms with Crippen molar-refractivity contribution in [2.45, 2.75) is 10.1 Å². The van der Waals surface area contributed by atoms with Gasteiger partial charge in [0.1, 0.15) is 0 Å². The molecule has 0 spiro atoms. The van der Waals surface area contributed by atoms with E-state index in [1.807, 2.05) is 30.3 Å². The summed E-state index contributed by atoms with van der Waals surface area (Å²) < 4.78 is 13.8. The standard InChI is InChI=1S/C13H11N3OS2/c14-9-4-5-11-12(7-9)18-13(16-11)19(17)8-10-3-1-2-6-15-10/h1-7H,8,14H2. The molecule has 0 fully saturated rings. The summed E-state index contributed by atoms with van der Waals surface area (Å²) in [7, 11) is -1.17. The van der Waals surface area contributed by atoms with E-state index >= 15 is 0 Å². The molecule has 0 saturated heterocycles. The molecule has 1 unspecified atom stereocenters. The number of pyridine rings is 1. The van der Waals surface area contributed by atoms with Crippen molar-refractivity contribution < 1.29 is 4.21 Å². The van der Waals surface area contributed by atoms with Crippen molar-refractivity contribution in [3.8, 4) is 0 Å². The molecule has 4 nitrogen and oxygen atoms in total. The first-order chi connectivity index (χ1) is 9.22. The zero-order valence-electron chi connectivity index (χ0n) is 9.95. The molecule has 6 heteroatoms. The maximum atomic E-state index is 12.3. The van der Waals surface area contributed by atoms with Crippen molar-refractivity contribution in [1.29, 1.82) is 0 Å². The van der Waals surface area contributed by atoms with E-state index in [0.29, 0.717) is 15.8 Å². The lowest BCUT2D eigenvalue weighted by Crippen LogP contribution is -1.97. The molecule has 2 aromatic heterocycles. The molecule has 1 aromatic carbocycles. The molecule has 2 N–H and O–H groups in total. The average molecular weight is 289 g/mol. The number of benzene rings is 1. The molecular weight excluding hydrogens is 278 g/mol. The highest BCUT2D eigenvalue weighted by Gasteiger charge is 2.12.